The van der Waals surface area contributed by atoms with E-state index in [2.05, 4.69) is 29.3 Å². The van der Waals surface area contributed by atoms with Crippen molar-refractivity contribution in [3.05, 3.63) is 11.4 Å². The van der Waals surface area contributed by atoms with E-state index < -0.39 is 0 Å². The number of nitrogens with one attached hydrogen (secondary N) is 1. The zero-order valence-corrected chi connectivity index (χ0v) is 8.88. The molecule has 1 heterocycles. The number of aryl methyl sites for hydroxylation is 1. The van der Waals surface area contributed by atoms with Gasteiger partial charge in [0.2, 0.25) is 0 Å². The average molecular weight is 194 g/mol. The van der Waals surface area contributed by atoms with Gasteiger partial charge in [-0.2, -0.15) is 15.4 Å². The molecule has 78 valence electrons. The first kappa shape index (κ1) is 9.65. The molecule has 0 saturated carbocycles. The van der Waals surface area contributed by atoms with Crippen molar-refractivity contribution in [2.45, 2.75) is 39.0 Å². The van der Waals surface area contributed by atoms with Crippen molar-refractivity contribution in [2.24, 2.45) is 11.1 Å². The predicted molar refractivity (Wildman–Crippen MR) is 54.9 cm³/mol. The van der Waals surface area contributed by atoms with Gasteiger partial charge in [0, 0.05) is 5.92 Å². The molecule has 0 aliphatic heterocycles. The summed E-state index contributed by atoms with van der Waals surface area (Å²) in [5.41, 5.74) is 8.24. The minimum absolute atomic E-state index is 0.309. The molecule has 1 aromatic heterocycles. The Bertz CT molecular complexity index is 316. The molecule has 1 aliphatic rings. The van der Waals surface area contributed by atoms with Crippen molar-refractivity contribution in [3.63, 3.8) is 0 Å². The first-order chi connectivity index (χ1) is 6.65. The summed E-state index contributed by atoms with van der Waals surface area (Å²) in [4.78, 5) is 0. The van der Waals surface area contributed by atoms with Gasteiger partial charge in [-0.05, 0) is 31.2 Å². The highest BCUT2D eigenvalue weighted by atomic mass is 15.3. The topological polar surface area (TPSA) is 67.6 Å². The summed E-state index contributed by atoms with van der Waals surface area (Å²) in [5, 5.41) is 11.2. The smallest absolute Gasteiger partial charge is 0.0893 e. The molecule has 14 heavy (non-hydrogen) atoms. The Kier molecular flexibility index (Phi) is 2.31. The predicted octanol–water partition coefficient (Wildman–Crippen LogP) is 1.21. The minimum Gasteiger partial charge on any atom is -0.330 e. The number of hydrogen-bond donors (Lipinski definition) is 2. The summed E-state index contributed by atoms with van der Waals surface area (Å²) >= 11 is 0. The lowest BCUT2D eigenvalue weighted by Gasteiger charge is -2.36. The van der Waals surface area contributed by atoms with E-state index >= 15 is 0 Å². The van der Waals surface area contributed by atoms with Crippen LogP contribution in [0.3, 0.4) is 0 Å². The Morgan fingerprint density at radius 3 is 3.00 bits per heavy atom. The molecule has 0 saturated heterocycles. The van der Waals surface area contributed by atoms with Gasteiger partial charge in [0.05, 0.1) is 11.4 Å². The van der Waals surface area contributed by atoms with E-state index in [0.717, 1.165) is 30.8 Å². The van der Waals surface area contributed by atoms with Crippen LogP contribution in [0.4, 0.5) is 0 Å². The SMILES string of the molecule is CC1(C)CCc2n[nH]nc2C1CCN. The number of fused-ring (bicyclic) bond motifs is 1. The average Bonchev–Trinajstić information content (AvgIpc) is 2.58. The summed E-state index contributed by atoms with van der Waals surface area (Å²) in [6, 6.07) is 0. The van der Waals surface area contributed by atoms with E-state index in [-0.39, 0.29) is 0 Å². The van der Waals surface area contributed by atoms with Crippen molar-refractivity contribution in [3.8, 4) is 0 Å². The first-order valence-corrected chi connectivity index (χ1v) is 5.25. The highest BCUT2D eigenvalue weighted by Gasteiger charge is 2.37. The van der Waals surface area contributed by atoms with Crippen LogP contribution in [0.1, 0.15) is 44.0 Å². The van der Waals surface area contributed by atoms with E-state index in [4.69, 9.17) is 5.73 Å². The molecule has 0 radical (unpaired) electrons. The van der Waals surface area contributed by atoms with Gasteiger partial charge in [-0.3, -0.25) is 0 Å². The van der Waals surface area contributed by atoms with E-state index in [9.17, 15) is 0 Å². The number of aromatic amines is 1. The summed E-state index contributed by atoms with van der Waals surface area (Å²) in [6.07, 6.45) is 3.23. The van der Waals surface area contributed by atoms with Crippen molar-refractivity contribution < 1.29 is 0 Å². The molecule has 0 bridgehead atoms. The number of nitrogens with zero attached hydrogens (tertiary/aromatic N) is 2. The van der Waals surface area contributed by atoms with Crippen LogP contribution >= 0.6 is 0 Å². The number of H-pyrrole nitrogens is 1. The maximum atomic E-state index is 5.65. The van der Waals surface area contributed by atoms with E-state index in [1.807, 2.05) is 0 Å². The van der Waals surface area contributed by atoms with Gasteiger partial charge in [-0.1, -0.05) is 13.8 Å². The van der Waals surface area contributed by atoms with E-state index in [1.54, 1.807) is 0 Å². The third-order valence-electron chi connectivity index (χ3n) is 3.39. The molecule has 0 aromatic carbocycles. The molecule has 0 fully saturated rings. The fraction of sp³-hybridized carbons (Fsp3) is 0.800. The van der Waals surface area contributed by atoms with Gasteiger partial charge in [-0.15, -0.1) is 0 Å². The Morgan fingerprint density at radius 2 is 2.29 bits per heavy atom. The number of nitrogens with two attached hydrogens (primary N) is 1. The van der Waals surface area contributed by atoms with Crippen LogP contribution in [0, 0.1) is 5.41 Å². The van der Waals surface area contributed by atoms with Crippen LogP contribution in [0.25, 0.3) is 0 Å². The molecule has 1 aromatic rings. The van der Waals surface area contributed by atoms with Crippen LogP contribution in [0.5, 0.6) is 0 Å². The highest BCUT2D eigenvalue weighted by Crippen LogP contribution is 2.45. The second-order valence-corrected chi connectivity index (χ2v) is 4.77. The van der Waals surface area contributed by atoms with Crippen molar-refractivity contribution in [1.82, 2.24) is 15.4 Å². The van der Waals surface area contributed by atoms with Gasteiger partial charge in [0.1, 0.15) is 0 Å². The zero-order chi connectivity index (χ0) is 10.2. The summed E-state index contributed by atoms with van der Waals surface area (Å²) < 4.78 is 0. The summed E-state index contributed by atoms with van der Waals surface area (Å²) in [7, 11) is 0. The molecule has 0 amide bonds. The van der Waals surface area contributed by atoms with Gasteiger partial charge in [0.25, 0.3) is 0 Å². The maximum Gasteiger partial charge on any atom is 0.0893 e. The number of hydrogen-bond acceptors (Lipinski definition) is 3. The zero-order valence-electron chi connectivity index (χ0n) is 8.88. The van der Waals surface area contributed by atoms with Crippen molar-refractivity contribution in [2.75, 3.05) is 6.54 Å². The molecule has 3 N–H and O–H groups in total. The second kappa shape index (κ2) is 3.35. The Morgan fingerprint density at radius 1 is 1.50 bits per heavy atom. The fourth-order valence-electron chi connectivity index (χ4n) is 2.40. The minimum atomic E-state index is 0.309. The Hall–Kier alpha value is -0.900. The Balaban J connectivity index is 2.33. The van der Waals surface area contributed by atoms with E-state index in [1.165, 1.54) is 6.42 Å². The second-order valence-electron chi connectivity index (χ2n) is 4.77. The molecule has 1 atom stereocenters. The molecule has 1 aliphatic carbocycles. The van der Waals surface area contributed by atoms with Gasteiger partial charge in [-0.25, -0.2) is 0 Å². The quantitative estimate of drug-likeness (QED) is 0.743. The van der Waals surface area contributed by atoms with Crippen LogP contribution < -0.4 is 5.73 Å². The molecule has 1 unspecified atom stereocenters. The van der Waals surface area contributed by atoms with Crippen LogP contribution in [-0.2, 0) is 6.42 Å². The molecular formula is C10H18N4. The van der Waals surface area contributed by atoms with Gasteiger partial charge >= 0.3 is 0 Å². The number of rotatable bonds is 2. The lowest BCUT2D eigenvalue weighted by molar-refractivity contribution is 0.230. The van der Waals surface area contributed by atoms with Crippen molar-refractivity contribution >= 4 is 0 Å². The molecule has 2 rings (SSSR count). The third-order valence-corrected chi connectivity index (χ3v) is 3.39. The first-order valence-electron chi connectivity index (χ1n) is 5.25. The lowest BCUT2D eigenvalue weighted by atomic mass is 9.68. The standard InChI is InChI=1S/C10H18N4/c1-10(2)5-3-8-9(13-14-12-8)7(10)4-6-11/h7H,3-6,11H2,1-2H3,(H,12,13,14). The van der Waals surface area contributed by atoms with Gasteiger partial charge in [0.15, 0.2) is 0 Å². The largest absolute Gasteiger partial charge is 0.330 e. The van der Waals surface area contributed by atoms with E-state index in [0.29, 0.717) is 11.3 Å². The van der Waals surface area contributed by atoms with Crippen LogP contribution in [0.15, 0.2) is 0 Å². The third kappa shape index (κ3) is 1.43. The highest BCUT2D eigenvalue weighted by molar-refractivity contribution is 5.21. The molecule has 0 spiro atoms. The van der Waals surface area contributed by atoms with Gasteiger partial charge < -0.3 is 5.73 Å². The van der Waals surface area contributed by atoms with Crippen LogP contribution in [-0.4, -0.2) is 22.0 Å². The molecule has 4 heteroatoms. The molecule has 4 nitrogen and oxygen atoms in total. The summed E-state index contributed by atoms with van der Waals surface area (Å²) in [6.45, 7) is 5.32. The molecular weight excluding hydrogens is 176 g/mol. The maximum absolute atomic E-state index is 5.65. The van der Waals surface area contributed by atoms with Crippen molar-refractivity contribution in [1.29, 1.82) is 0 Å². The van der Waals surface area contributed by atoms with Crippen LogP contribution in [0.2, 0.25) is 0 Å². The normalized spacial score (nSPS) is 24.6. The lowest BCUT2D eigenvalue weighted by Crippen LogP contribution is -2.30. The fourth-order valence-corrected chi connectivity index (χ4v) is 2.40. The summed E-state index contributed by atoms with van der Waals surface area (Å²) in [5.74, 6) is 0.468. The Labute approximate surface area is 84.3 Å². The monoisotopic (exact) mass is 194 g/mol. The number of aromatic nitrogens is 3.